The predicted octanol–water partition coefficient (Wildman–Crippen LogP) is 3.47. The maximum Gasteiger partial charge on any atom is 0.338 e. The monoisotopic (exact) mass is 335 g/mol. The minimum absolute atomic E-state index is 0.0511. The van der Waals surface area contributed by atoms with Crippen LogP contribution in [0.5, 0.6) is 0 Å². The molecule has 0 atom stereocenters. The molecule has 3 rings (SSSR count). The second kappa shape index (κ2) is 7.90. The summed E-state index contributed by atoms with van der Waals surface area (Å²) in [5.74, 6) is -0.424. The summed E-state index contributed by atoms with van der Waals surface area (Å²) in [6.45, 7) is 4.94. The lowest BCUT2D eigenvalue weighted by Crippen LogP contribution is -2.19. The first-order valence-electron chi connectivity index (χ1n) is 8.45. The van der Waals surface area contributed by atoms with Crippen LogP contribution in [-0.2, 0) is 11.3 Å². The second-order valence-electron chi connectivity index (χ2n) is 5.99. The van der Waals surface area contributed by atoms with Crippen molar-refractivity contribution in [2.75, 3.05) is 19.7 Å². The Kier molecular flexibility index (Phi) is 5.41. The fourth-order valence-corrected chi connectivity index (χ4v) is 2.81. The Morgan fingerprint density at radius 1 is 0.880 bits per heavy atom. The highest BCUT2D eigenvalue weighted by Crippen LogP contribution is 2.15. The van der Waals surface area contributed by atoms with Crippen LogP contribution in [0.1, 0.15) is 38.8 Å². The molecule has 25 heavy (non-hydrogen) atoms. The van der Waals surface area contributed by atoms with Gasteiger partial charge in [0, 0.05) is 30.8 Å². The molecule has 0 aliphatic carbocycles. The van der Waals surface area contributed by atoms with Crippen LogP contribution in [0.15, 0.2) is 60.7 Å². The highest BCUT2D eigenvalue weighted by atomic mass is 16.5. The Morgan fingerprint density at radius 3 is 1.96 bits per heavy atom. The average Bonchev–Trinajstić information content (AvgIpc) is 3.15. The van der Waals surface area contributed by atoms with Crippen molar-refractivity contribution in [1.29, 1.82) is 0 Å². The topological polar surface area (TPSA) is 46.6 Å². The van der Waals surface area contributed by atoms with Crippen LogP contribution in [0.3, 0.4) is 0 Å². The van der Waals surface area contributed by atoms with Crippen molar-refractivity contribution in [2.45, 2.75) is 13.5 Å². The van der Waals surface area contributed by atoms with E-state index in [0.29, 0.717) is 23.3 Å². The molecule has 0 radical (unpaired) electrons. The summed E-state index contributed by atoms with van der Waals surface area (Å²) >= 11 is 0. The van der Waals surface area contributed by atoms with E-state index in [-0.39, 0.29) is 11.8 Å². The Balaban J connectivity index is 1.66. The van der Waals surface area contributed by atoms with Crippen LogP contribution in [0, 0.1) is 0 Å². The lowest BCUT2D eigenvalue weighted by atomic mass is 10.0. The Hall–Kier alpha value is -2.72. The summed E-state index contributed by atoms with van der Waals surface area (Å²) in [6, 6.07) is 14.3. The van der Waals surface area contributed by atoms with Gasteiger partial charge >= 0.3 is 5.97 Å². The molecule has 0 spiro atoms. The van der Waals surface area contributed by atoms with E-state index in [9.17, 15) is 9.59 Å². The first-order chi connectivity index (χ1) is 12.2. The van der Waals surface area contributed by atoms with Gasteiger partial charge < -0.3 is 4.74 Å². The predicted molar refractivity (Wildman–Crippen MR) is 96.7 cm³/mol. The molecule has 4 nitrogen and oxygen atoms in total. The van der Waals surface area contributed by atoms with Gasteiger partial charge in [0.1, 0.15) is 0 Å². The van der Waals surface area contributed by atoms with Crippen LogP contribution < -0.4 is 0 Å². The number of hydrogen-bond donors (Lipinski definition) is 0. The largest absolute Gasteiger partial charge is 0.462 e. The van der Waals surface area contributed by atoms with Gasteiger partial charge in [-0.2, -0.15) is 0 Å². The first kappa shape index (κ1) is 17.1. The quantitative estimate of drug-likeness (QED) is 0.461. The van der Waals surface area contributed by atoms with E-state index >= 15 is 0 Å². The number of esters is 1. The van der Waals surface area contributed by atoms with Gasteiger partial charge in [-0.15, -0.1) is 0 Å². The Bertz CT molecular complexity index is 768. The number of carbonyl (C=O) groups excluding carboxylic acids is 2. The minimum atomic E-state index is -0.373. The molecule has 0 amide bonds. The zero-order valence-electron chi connectivity index (χ0n) is 14.3. The maximum absolute atomic E-state index is 12.6. The molecule has 0 saturated carbocycles. The summed E-state index contributed by atoms with van der Waals surface area (Å²) in [4.78, 5) is 26.6. The third-order valence-corrected chi connectivity index (χ3v) is 4.17. The minimum Gasteiger partial charge on any atom is -0.462 e. The molecule has 1 heterocycles. The average molecular weight is 335 g/mol. The van der Waals surface area contributed by atoms with E-state index in [1.807, 2.05) is 24.3 Å². The summed E-state index contributed by atoms with van der Waals surface area (Å²) in [5.41, 5.74) is 2.85. The zero-order chi connectivity index (χ0) is 17.6. The lowest BCUT2D eigenvalue weighted by Gasteiger charge is -2.14. The standard InChI is InChI=1S/C21H21NO3/c1-2-25-21(24)19-11-9-18(10-12-19)20(23)17-7-5-16(6-8-17)15-22-13-3-4-14-22/h3-12H,2,13-15H2,1H3. The summed E-state index contributed by atoms with van der Waals surface area (Å²) in [5, 5.41) is 0. The number of ether oxygens (including phenoxy) is 1. The molecule has 0 N–H and O–H groups in total. The van der Waals surface area contributed by atoms with Crippen molar-refractivity contribution >= 4 is 11.8 Å². The second-order valence-corrected chi connectivity index (χ2v) is 5.99. The van der Waals surface area contributed by atoms with Crippen molar-refractivity contribution in [3.05, 3.63) is 82.9 Å². The molecule has 0 aromatic heterocycles. The summed E-state index contributed by atoms with van der Waals surface area (Å²) in [6.07, 6.45) is 4.33. The van der Waals surface area contributed by atoms with E-state index in [0.717, 1.165) is 19.6 Å². The Labute approximate surface area is 147 Å². The van der Waals surface area contributed by atoms with Crippen LogP contribution in [0.2, 0.25) is 0 Å². The molecule has 0 unspecified atom stereocenters. The maximum atomic E-state index is 12.6. The molecule has 0 bridgehead atoms. The molecule has 1 aliphatic heterocycles. The van der Waals surface area contributed by atoms with Crippen molar-refractivity contribution in [2.24, 2.45) is 0 Å². The van der Waals surface area contributed by atoms with E-state index in [2.05, 4.69) is 17.1 Å². The molecular weight excluding hydrogens is 314 g/mol. The molecule has 1 aliphatic rings. The van der Waals surface area contributed by atoms with Gasteiger partial charge in [-0.25, -0.2) is 4.79 Å². The van der Waals surface area contributed by atoms with Crippen LogP contribution in [0.25, 0.3) is 0 Å². The van der Waals surface area contributed by atoms with Crippen molar-refractivity contribution < 1.29 is 14.3 Å². The number of benzene rings is 2. The summed E-state index contributed by atoms with van der Waals surface area (Å²) in [7, 11) is 0. The molecule has 0 saturated heterocycles. The van der Waals surface area contributed by atoms with Gasteiger partial charge in [0.2, 0.25) is 0 Å². The van der Waals surface area contributed by atoms with Gasteiger partial charge in [-0.1, -0.05) is 48.6 Å². The number of nitrogens with zero attached hydrogens (tertiary/aromatic N) is 1. The van der Waals surface area contributed by atoms with E-state index in [1.165, 1.54) is 5.56 Å². The SMILES string of the molecule is CCOC(=O)c1ccc(C(=O)c2ccc(CN3CC=CC3)cc2)cc1. The zero-order valence-corrected chi connectivity index (χ0v) is 14.3. The number of rotatable bonds is 6. The molecule has 2 aromatic rings. The van der Waals surface area contributed by atoms with Crippen LogP contribution >= 0.6 is 0 Å². The van der Waals surface area contributed by atoms with Crippen LogP contribution in [0.4, 0.5) is 0 Å². The van der Waals surface area contributed by atoms with Crippen molar-refractivity contribution in [3.63, 3.8) is 0 Å². The molecule has 0 fully saturated rings. The van der Waals surface area contributed by atoms with Crippen molar-refractivity contribution in [3.8, 4) is 0 Å². The van der Waals surface area contributed by atoms with Gasteiger partial charge in [-0.05, 0) is 24.6 Å². The van der Waals surface area contributed by atoms with Crippen LogP contribution in [-0.4, -0.2) is 36.3 Å². The van der Waals surface area contributed by atoms with E-state index < -0.39 is 0 Å². The van der Waals surface area contributed by atoms with E-state index in [4.69, 9.17) is 4.74 Å². The number of ketones is 1. The number of hydrogen-bond acceptors (Lipinski definition) is 4. The highest BCUT2D eigenvalue weighted by Gasteiger charge is 2.12. The fraction of sp³-hybridized carbons (Fsp3) is 0.238. The molecule has 2 aromatic carbocycles. The van der Waals surface area contributed by atoms with Gasteiger partial charge in [0.25, 0.3) is 0 Å². The van der Waals surface area contributed by atoms with E-state index in [1.54, 1.807) is 31.2 Å². The third-order valence-electron chi connectivity index (χ3n) is 4.17. The van der Waals surface area contributed by atoms with Crippen molar-refractivity contribution in [1.82, 2.24) is 4.90 Å². The number of carbonyl (C=O) groups is 2. The molecular formula is C21H21NO3. The third kappa shape index (κ3) is 4.22. The smallest absolute Gasteiger partial charge is 0.338 e. The van der Waals surface area contributed by atoms with Gasteiger partial charge in [-0.3, -0.25) is 9.69 Å². The Morgan fingerprint density at radius 2 is 1.40 bits per heavy atom. The fourth-order valence-electron chi connectivity index (χ4n) is 2.81. The highest BCUT2D eigenvalue weighted by molar-refractivity contribution is 6.09. The summed E-state index contributed by atoms with van der Waals surface area (Å²) < 4.78 is 4.95. The molecule has 128 valence electrons. The van der Waals surface area contributed by atoms with Gasteiger partial charge in [0.05, 0.1) is 12.2 Å². The van der Waals surface area contributed by atoms with Gasteiger partial charge in [0.15, 0.2) is 5.78 Å². The molecule has 4 heteroatoms. The first-order valence-corrected chi connectivity index (χ1v) is 8.45. The normalized spacial score (nSPS) is 13.8. The lowest BCUT2D eigenvalue weighted by molar-refractivity contribution is 0.0526.